The molecule has 3 heterocycles. The minimum Gasteiger partial charge on any atom is -0.342 e. The summed E-state index contributed by atoms with van der Waals surface area (Å²) in [6.45, 7) is 7.25. The first kappa shape index (κ1) is 18.6. The van der Waals surface area contributed by atoms with Gasteiger partial charge in [0.15, 0.2) is 24.0 Å². The first-order valence-electron chi connectivity index (χ1n) is 8.57. The lowest BCUT2D eigenvalue weighted by atomic mass is 9.98. The zero-order valence-electron chi connectivity index (χ0n) is 15.0. The number of carbonyl (C=O) groups is 1. The van der Waals surface area contributed by atoms with Crippen molar-refractivity contribution < 1.29 is 28.5 Å². The molecule has 0 saturated carbocycles. The lowest BCUT2D eigenvalue weighted by molar-refractivity contribution is -0.229. The molecule has 1 N–H and O–H groups in total. The SMILES string of the molecule is CC1(C)O[C@@H]2O[C@H](C(=O)Nc3ccccc3I)[C@@H]3OC(C)(C)O[C@@H]3[C@@H]2O1. The molecule has 1 amide bonds. The summed E-state index contributed by atoms with van der Waals surface area (Å²) < 4.78 is 30.7. The fourth-order valence-electron chi connectivity index (χ4n) is 3.59. The molecule has 0 bridgehead atoms. The molecule has 142 valence electrons. The van der Waals surface area contributed by atoms with Crippen molar-refractivity contribution in [3.63, 3.8) is 0 Å². The Morgan fingerprint density at radius 1 is 0.962 bits per heavy atom. The summed E-state index contributed by atoms with van der Waals surface area (Å²) in [5, 5.41) is 2.92. The van der Waals surface area contributed by atoms with Gasteiger partial charge in [0.1, 0.15) is 18.3 Å². The van der Waals surface area contributed by atoms with Crippen molar-refractivity contribution in [1.82, 2.24) is 0 Å². The second-order valence-corrected chi connectivity index (χ2v) is 8.72. The number of benzene rings is 1. The number of rotatable bonds is 2. The molecule has 3 fully saturated rings. The highest BCUT2D eigenvalue weighted by molar-refractivity contribution is 14.1. The number of fused-ring (bicyclic) bond motifs is 3. The van der Waals surface area contributed by atoms with Crippen molar-refractivity contribution >= 4 is 34.2 Å². The van der Waals surface area contributed by atoms with Gasteiger partial charge < -0.3 is 29.0 Å². The number of anilines is 1. The van der Waals surface area contributed by atoms with Crippen LogP contribution in [0.25, 0.3) is 0 Å². The molecule has 0 radical (unpaired) electrons. The summed E-state index contributed by atoms with van der Waals surface area (Å²) in [6.07, 6.45) is -3.02. The van der Waals surface area contributed by atoms with Crippen molar-refractivity contribution in [3.05, 3.63) is 27.8 Å². The lowest BCUT2D eigenvalue weighted by Gasteiger charge is -2.36. The third-order valence-corrected chi connectivity index (χ3v) is 5.49. The van der Waals surface area contributed by atoms with E-state index in [0.717, 1.165) is 9.26 Å². The van der Waals surface area contributed by atoms with E-state index in [1.54, 1.807) is 0 Å². The number of hydrogen-bond donors (Lipinski definition) is 1. The Labute approximate surface area is 165 Å². The molecule has 3 saturated heterocycles. The van der Waals surface area contributed by atoms with E-state index < -0.39 is 42.3 Å². The van der Waals surface area contributed by atoms with Gasteiger partial charge in [-0.15, -0.1) is 0 Å². The maximum Gasteiger partial charge on any atom is 0.256 e. The van der Waals surface area contributed by atoms with E-state index in [1.165, 1.54) is 0 Å². The lowest BCUT2D eigenvalue weighted by Crippen LogP contribution is -2.58. The number of para-hydroxylation sites is 1. The predicted molar refractivity (Wildman–Crippen MR) is 100 cm³/mol. The Balaban J connectivity index is 1.59. The smallest absolute Gasteiger partial charge is 0.256 e. The van der Waals surface area contributed by atoms with Gasteiger partial charge in [-0.05, 0) is 62.4 Å². The van der Waals surface area contributed by atoms with Crippen molar-refractivity contribution in [2.24, 2.45) is 0 Å². The number of hydrogen-bond acceptors (Lipinski definition) is 6. The molecule has 26 heavy (non-hydrogen) atoms. The zero-order valence-corrected chi connectivity index (χ0v) is 17.2. The topological polar surface area (TPSA) is 75.3 Å². The second kappa shape index (κ2) is 6.39. The third-order valence-electron chi connectivity index (χ3n) is 4.54. The first-order chi connectivity index (χ1) is 12.2. The Hall–Kier alpha value is -0.780. The average Bonchev–Trinajstić information content (AvgIpc) is 3.02. The highest BCUT2D eigenvalue weighted by Crippen LogP contribution is 2.44. The van der Waals surface area contributed by atoms with Crippen LogP contribution in [-0.4, -0.2) is 48.2 Å². The van der Waals surface area contributed by atoms with Crippen molar-refractivity contribution in [3.8, 4) is 0 Å². The third kappa shape index (κ3) is 3.38. The summed E-state index contributed by atoms with van der Waals surface area (Å²) >= 11 is 2.17. The normalized spacial score (nSPS) is 37.0. The van der Waals surface area contributed by atoms with Gasteiger partial charge in [-0.3, -0.25) is 4.79 Å². The summed E-state index contributed by atoms with van der Waals surface area (Å²) in [6, 6.07) is 7.55. The average molecular weight is 475 g/mol. The number of nitrogens with one attached hydrogen (secondary N) is 1. The van der Waals surface area contributed by atoms with Gasteiger partial charge >= 0.3 is 0 Å². The molecule has 7 nitrogen and oxygen atoms in total. The molecular formula is C18H22INO6. The Bertz CT molecular complexity index is 723. The van der Waals surface area contributed by atoms with Gasteiger partial charge in [-0.25, -0.2) is 0 Å². The van der Waals surface area contributed by atoms with Gasteiger partial charge in [0.05, 0.1) is 5.69 Å². The number of carbonyl (C=O) groups excluding carboxylic acids is 1. The molecule has 5 atom stereocenters. The molecule has 0 aliphatic carbocycles. The van der Waals surface area contributed by atoms with Crippen LogP contribution in [0.5, 0.6) is 0 Å². The van der Waals surface area contributed by atoms with Crippen LogP contribution in [-0.2, 0) is 28.5 Å². The molecule has 1 aromatic carbocycles. The van der Waals surface area contributed by atoms with E-state index >= 15 is 0 Å². The van der Waals surface area contributed by atoms with Crippen LogP contribution in [0.4, 0.5) is 5.69 Å². The van der Waals surface area contributed by atoms with Gasteiger partial charge in [0.25, 0.3) is 5.91 Å². The maximum atomic E-state index is 13.0. The molecule has 8 heteroatoms. The van der Waals surface area contributed by atoms with Gasteiger partial charge in [-0.2, -0.15) is 0 Å². The number of ether oxygens (including phenoxy) is 5. The minimum absolute atomic E-state index is 0.294. The summed E-state index contributed by atoms with van der Waals surface area (Å²) in [4.78, 5) is 13.0. The predicted octanol–water partition coefficient (Wildman–Crippen LogP) is 2.63. The van der Waals surface area contributed by atoms with Crippen LogP contribution in [0.15, 0.2) is 24.3 Å². The summed E-state index contributed by atoms with van der Waals surface area (Å²) in [7, 11) is 0. The van der Waals surface area contributed by atoms with E-state index in [1.807, 2.05) is 52.0 Å². The molecule has 3 aliphatic heterocycles. The van der Waals surface area contributed by atoms with E-state index in [9.17, 15) is 4.79 Å². The fraction of sp³-hybridized carbons (Fsp3) is 0.611. The monoisotopic (exact) mass is 475 g/mol. The number of amides is 1. The van der Waals surface area contributed by atoms with Crippen LogP contribution in [0.1, 0.15) is 27.7 Å². The standard InChI is InChI=1S/C18H22INO6/c1-17(2)23-11-12(24-17)14-16(26-18(3,4)25-14)22-13(11)15(21)20-10-8-6-5-7-9(10)19/h5-8,11-14,16H,1-4H3,(H,20,21)/t11-,12+,13+,14+,16+/m1/s1. The Kier molecular flexibility index (Phi) is 4.56. The first-order valence-corrected chi connectivity index (χ1v) is 9.65. The molecule has 1 aromatic rings. The summed E-state index contributed by atoms with van der Waals surface area (Å²) in [5.41, 5.74) is 0.725. The van der Waals surface area contributed by atoms with Crippen LogP contribution in [0.3, 0.4) is 0 Å². The zero-order chi connectivity index (χ0) is 18.7. The van der Waals surface area contributed by atoms with Gasteiger partial charge in [-0.1, -0.05) is 12.1 Å². The van der Waals surface area contributed by atoms with Crippen LogP contribution in [0, 0.1) is 3.57 Å². The fourth-order valence-corrected chi connectivity index (χ4v) is 4.11. The maximum absolute atomic E-state index is 13.0. The Morgan fingerprint density at radius 2 is 1.58 bits per heavy atom. The molecular weight excluding hydrogens is 453 g/mol. The van der Waals surface area contributed by atoms with Crippen LogP contribution >= 0.6 is 22.6 Å². The molecule has 0 unspecified atom stereocenters. The van der Waals surface area contributed by atoms with E-state index in [4.69, 9.17) is 23.7 Å². The number of halogens is 1. The van der Waals surface area contributed by atoms with Gasteiger partial charge in [0, 0.05) is 3.57 Å². The highest BCUT2D eigenvalue weighted by Gasteiger charge is 2.62. The molecule has 4 rings (SSSR count). The van der Waals surface area contributed by atoms with E-state index in [2.05, 4.69) is 27.9 Å². The molecule has 0 spiro atoms. The van der Waals surface area contributed by atoms with Gasteiger partial charge in [0.2, 0.25) is 0 Å². The minimum atomic E-state index is -0.864. The van der Waals surface area contributed by atoms with Crippen LogP contribution < -0.4 is 5.32 Å². The summed E-state index contributed by atoms with van der Waals surface area (Å²) in [5.74, 6) is -1.93. The van der Waals surface area contributed by atoms with E-state index in [0.29, 0.717) is 0 Å². The largest absolute Gasteiger partial charge is 0.342 e. The van der Waals surface area contributed by atoms with Crippen molar-refractivity contribution in [2.45, 2.75) is 70.0 Å². The second-order valence-electron chi connectivity index (χ2n) is 7.56. The quantitative estimate of drug-likeness (QED) is 0.664. The van der Waals surface area contributed by atoms with E-state index in [-0.39, 0.29) is 5.91 Å². The van der Waals surface area contributed by atoms with Crippen LogP contribution in [0.2, 0.25) is 0 Å². The molecule has 0 aromatic heterocycles. The van der Waals surface area contributed by atoms with Crippen molar-refractivity contribution in [2.75, 3.05) is 5.32 Å². The highest BCUT2D eigenvalue weighted by atomic mass is 127. The molecule has 3 aliphatic rings. The van der Waals surface area contributed by atoms with Crippen molar-refractivity contribution in [1.29, 1.82) is 0 Å². The Morgan fingerprint density at radius 3 is 2.31 bits per heavy atom.